The Bertz CT molecular complexity index is 2620. The van der Waals surface area contributed by atoms with Crippen molar-refractivity contribution in [3.63, 3.8) is 0 Å². The average Bonchev–Trinajstić information content (AvgIpc) is 3.84. The van der Waals surface area contributed by atoms with E-state index < -0.39 is 64.3 Å². The van der Waals surface area contributed by atoms with E-state index in [1.54, 1.807) is 26.1 Å². The topological polar surface area (TPSA) is 210 Å². The van der Waals surface area contributed by atoms with Gasteiger partial charge in [0.15, 0.2) is 5.60 Å². The highest BCUT2D eigenvalue weighted by atomic mass is 16.6. The molecule has 17 nitrogen and oxygen atoms in total. The highest BCUT2D eigenvalue weighted by molar-refractivity contribution is 5.97. The molecule has 4 amide bonds. The quantitative estimate of drug-likeness (QED) is 0.114. The van der Waals surface area contributed by atoms with Crippen molar-refractivity contribution in [3.8, 4) is 28.1 Å². The van der Waals surface area contributed by atoms with E-state index in [0.717, 1.165) is 54.8 Å². The number of hydrazine groups is 1. The first-order chi connectivity index (χ1) is 32.1. The largest absolute Gasteiger partial charge is 0.508 e. The van der Waals surface area contributed by atoms with Crippen molar-refractivity contribution < 1.29 is 44.0 Å². The van der Waals surface area contributed by atoms with Gasteiger partial charge in [-0.15, -0.1) is 0 Å². The van der Waals surface area contributed by atoms with Crippen LogP contribution < -0.4 is 10.7 Å². The van der Waals surface area contributed by atoms with E-state index in [4.69, 9.17) is 4.74 Å². The van der Waals surface area contributed by atoms with Gasteiger partial charge in [0, 0.05) is 86.8 Å². The molecule has 0 saturated carbocycles. The van der Waals surface area contributed by atoms with Gasteiger partial charge < -0.3 is 44.6 Å². The number of hydrogen-bond acceptors (Lipinski definition) is 12. The number of nitrogens with one attached hydrogen (secondary N) is 2. The van der Waals surface area contributed by atoms with Crippen molar-refractivity contribution in [1.29, 1.82) is 0 Å². The Balaban J connectivity index is 1.33. The summed E-state index contributed by atoms with van der Waals surface area (Å²) in [7, 11) is 5.42. The third kappa shape index (κ3) is 10.0. The van der Waals surface area contributed by atoms with Gasteiger partial charge in [0.05, 0.1) is 18.8 Å². The fourth-order valence-electron chi connectivity index (χ4n) is 10.1. The number of ether oxygens (including phenoxy) is 1. The lowest BCUT2D eigenvalue weighted by Crippen LogP contribution is -2.67. The molecular weight excluding hydrogens is 869 g/mol. The predicted octanol–water partition coefficient (Wildman–Crippen LogP) is 3.76. The van der Waals surface area contributed by atoms with Crippen LogP contribution in [0.15, 0.2) is 67.5 Å². The Morgan fingerprint density at radius 1 is 1.04 bits per heavy atom. The zero-order chi connectivity index (χ0) is 49.5. The summed E-state index contributed by atoms with van der Waals surface area (Å²) in [6, 6.07) is 10.7. The summed E-state index contributed by atoms with van der Waals surface area (Å²) in [4.78, 5) is 78.7. The molecule has 3 aliphatic rings. The van der Waals surface area contributed by atoms with E-state index >= 15 is 0 Å². The summed E-state index contributed by atoms with van der Waals surface area (Å²) >= 11 is 0. The first kappa shape index (κ1) is 49.8. The molecule has 364 valence electrons. The van der Waals surface area contributed by atoms with E-state index in [0.29, 0.717) is 30.6 Å². The van der Waals surface area contributed by atoms with Crippen molar-refractivity contribution in [3.05, 3.63) is 84.2 Å². The lowest BCUT2D eigenvalue weighted by Gasteiger charge is -2.40. The van der Waals surface area contributed by atoms with Gasteiger partial charge in [-0.25, -0.2) is 4.79 Å². The van der Waals surface area contributed by atoms with Gasteiger partial charge in [0.25, 0.3) is 11.8 Å². The minimum Gasteiger partial charge on any atom is -0.508 e. The lowest BCUT2D eigenvalue weighted by molar-refractivity contribution is -0.189. The minimum absolute atomic E-state index is 0.0467. The van der Waals surface area contributed by atoms with Crippen LogP contribution in [0.4, 0.5) is 0 Å². The number of amides is 4. The Hall–Kier alpha value is -6.14. The Morgan fingerprint density at radius 3 is 2.49 bits per heavy atom. The number of aromatic hydroxyl groups is 1. The van der Waals surface area contributed by atoms with Crippen LogP contribution in [0.1, 0.15) is 70.6 Å². The lowest BCUT2D eigenvalue weighted by atomic mass is 9.84. The summed E-state index contributed by atoms with van der Waals surface area (Å²) in [6.45, 7) is 14.2. The number of fused-ring (bicyclic) bond motifs is 6. The molecule has 2 fully saturated rings. The van der Waals surface area contributed by atoms with Crippen molar-refractivity contribution in [2.45, 2.75) is 103 Å². The van der Waals surface area contributed by atoms with Crippen molar-refractivity contribution in [2.24, 2.45) is 11.3 Å². The number of esters is 1. The number of hydrogen-bond donors (Lipinski definition) is 5. The molecule has 2 saturated heterocycles. The third-order valence-electron chi connectivity index (χ3n) is 13.4. The maximum Gasteiger partial charge on any atom is 0.355 e. The second-order valence-corrected chi connectivity index (χ2v) is 20.1. The highest BCUT2D eigenvalue weighted by Crippen LogP contribution is 2.42. The molecule has 68 heavy (non-hydrogen) atoms. The van der Waals surface area contributed by atoms with Crippen LogP contribution in [-0.4, -0.2) is 145 Å². The number of carbonyl (C=O) groups excluding carboxylic acids is 5. The number of aryl methyl sites for hydroxylation is 1. The van der Waals surface area contributed by atoms with Crippen LogP contribution >= 0.6 is 0 Å². The molecule has 5 N–H and O–H groups in total. The maximum absolute atomic E-state index is 14.8. The van der Waals surface area contributed by atoms with Crippen LogP contribution in [-0.2, 0) is 54.6 Å². The number of pyridine rings is 1. The van der Waals surface area contributed by atoms with Gasteiger partial charge in [-0.2, -0.15) is 5.43 Å². The molecule has 2 aromatic carbocycles. The molecule has 4 atom stereocenters. The van der Waals surface area contributed by atoms with Gasteiger partial charge in [-0.3, -0.25) is 29.2 Å². The minimum atomic E-state index is -2.29. The Labute approximate surface area is 397 Å². The Kier molecular flexibility index (Phi) is 14.2. The van der Waals surface area contributed by atoms with Gasteiger partial charge in [-0.05, 0) is 104 Å². The molecule has 0 radical (unpaired) electrons. The number of likely N-dealkylation sites (tertiary alicyclic amines) is 1. The summed E-state index contributed by atoms with van der Waals surface area (Å²) in [5.41, 5.74) is 4.84. The first-order valence-electron chi connectivity index (χ1n) is 23.3. The van der Waals surface area contributed by atoms with E-state index in [9.17, 15) is 39.3 Å². The molecule has 4 aromatic rings. The molecule has 0 aliphatic carbocycles. The molecule has 0 spiro atoms. The van der Waals surface area contributed by atoms with E-state index in [1.165, 1.54) is 18.0 Å². The van der Waals surface area contributed by atoms with Crippen LogP contribution in [0.5, 0.6) is 5.75 Å². The van der Waals surface area contributed by atoms with Crippen LogP contribution in [0, 0.1) is 11.3 Å². The van der Waals surface area contributed by atoms with Crippen LogP contribution in [0.2, 0.25) is 0 Å². The predicted molar refractivity (Wildman–Crippen MR) is 256 cm³/mol. The maximum atomic E-state index is 14.8. The number of aromatic nitrogens is 2. The monoisotopic (exact) mass is 934 g/mol. The fraction of sp³-hybridized carbons (Fsp3) is 0.490. The van der Waals surface area contributed by atoms with Crippen molar-refractivity contribution in [2.75, 3.05) is 47.4 Å². The molecule has 0 unspecified atom stereocenters. The van der Waals surface area contributed by atoms with Gasteiger partial charge in [0.2, 0.25) is 17.5 Å². The van der Waals surface area contributed by atoms with Crippen molar-refractivity contribution in [1.82, 2.24) is 40.0 Å². The molecule has 5 heterocycles. The van der Waals surface area contributed by atoms with Crippen LogP contribution in [0.3, 0.4) is 0 Å². The first-order valence-corrected chi connectivity index (χ1v) is 23.3. The molecule has 2 aromatic heterocycles. The second-order valence-electron chi connectivity index (χ2n) is 20.1. The number of likely N-dealkylation sites (N-methyl/N-ethyl adjacent to an activating group) is 1. The smallest absolute Gasteiger partial charge is 0.355 e. The molecule has 3 aliphatic heterocycles. The number of carbonyl (C=O) groups is 5. The molecule has 7 rings (SSSR count). The fourth-order valence-corrected chi connectivity index (χ4v) is 10.1. The third-order valence-corrected chi connectivity index (χ3v) is 13.4. The Morgan fingerprint density at radius 2 is 1.79 bits per heavy atom. The number of rotatable bonds is 10. The molecular formula is C51H66N8O9. The SMILES string of the molecule is C=CC(=O)N1CC[C@](O)(C(=O)N(C)[C@H](C(=O)N[C@H]2Cc3cc(O)cc(c3)-c3ccc4c(c3)c(c(-c3ccncc3CN(C)C)n4CC)CC(C)(C)COC(=O)[C@@]3(O)CCCN(N3)C2=O)C(C)C)C1. The van der Waals surface area contributed by atoms with Gasteiger partial charge in [0.1, 0.15) is 17.8 Å². The van der Waals surface area contributed by atoms with Gasteiger partial charge in [-0.1, -0.05) is 46.4 Å². The summed E-state index contributed by atoms with van der Waals surface area (Å²) in [5, 5.41) is 39.6. The summed E-state index contributed by atoms with van der Waals surface area (Å²) < 4.78 is 8.24. The summed E-state index contributed by atoms with van der Waals surface area (Å²) in [6.07, 6.45) is 5.22. The van der Waals surface area contributed by atoms with Gasteiger partial charge >= 0.3 is 5.97 Å². The van der Waals surface area contributed by atoms with E-state index in [1.807, 2.05) is 52.3 Å². The standard InChI is InChI=1S/C51H66N8O9/c1-10-42(61)57-20-17-50(66,29-57)47(64)56(9)43(31(3)4)45(62)53-40-23-32-21-34(24-36(60)22-32)33-13-14-41-38(25-33)39(44(58(41)11-2)37-15-18-52-27-35(37)28-55(7)8)26-49(5,6)30-68-48(65)51(67)16-12-19-59(54-51)46(40)63/h10,13-15,18,21-22,24-25,27,31,40,43,54,60,66-67H,1,11-12,16-17,19-20,23,26,28-30H2,2-9H3,(H,53,62)/t40-,43-,50+,51-/m0/s1. The number of β-amino-alcohol motifs (C(OH)–C–C–N with tert-alkyl or cyclic N) is 1. The zero-order valence-corrected chi connectivity index (χ0v) is 40.5. The normalized spacial score (nSPS) is 22.5. The van der Waals surface area contributed by atoms with Crippen molar-refractivity contribution >= 4 is 40.5 Å². The number of cyclic esters (lactones) is 1. The number of aliphatic hydroxyl groups is 2. The number of phenols is 1. The highest BCUT2D eigenvalue weighted by Gasteiger charge is 2.49. The summed E-state index contributed by atoms with van der Waals surface area (Å²) in [5.74, 6) is -4.14. The zero-order valence-electron chi connectivity index (χ0n) is 40.5. The second kappa shape index (κ2) is 19.5. The van der Waals surface area contributed by atoms with E-state index in [2.05, 4.69) is 50.8 Å². The number of phenolic OH excluding ortho intramolecular Hbond substituents is 1. The molecule has 6 bridgehead atoms. The molecule has 17 heteroatoms. The van der Waals surface area contributed by atoms with E-state index in [-0.39, 0.29) is 57.7 Å². The number of benzene rings is 2. The number of nitrogens with zero attached hydrogens (tertiary/aromatic N) is 6. The average molecular weight is 935 g/mol. The van der Waals surface area contributed by atoms with Crippen LogP contribution in [0.25, 0.3) is 33.3 Å².